The number of fused-ring (bicyclic) bond motifs is 1. The second kappa shape index (κ2) is 8.27. The quantitative estimate of drug-likeness (QED) is 0.583. The first-order chi connectivity index (χ1) is 13.2. The maximum absolute atomic E-state index is 13.4. The lowest BCUT2D eigenvalue weighted by Crippen LogP contribution is -2.35. The highest BCUT2D eigenvalue weighted by Gasteiger charge is 2.19. The molecule has 1 heterocycles. The summed E-state index contributed by atoms with van der Waals surface area (Å²) in [6.45, 7) is 6.14. The topological polar surface area (TPSA) is 45.3 Å². The number of aromatic amines is 1. The fourth-order valence-corrected chi connectivity index (χ4v) is 3.89. The Bertz CT molecular complexity index is 978. The van der Waals surface area contributed by atoms with E-state index in [2.05, 4.69) is 17.1 Å². The highest BCUT2D eigenvalue weighted by Crippen LogP contribution is 2.35. The zero-order chi connectivity index (χ0) is 20.3. The molecule has 4 nitrogen and oxygen atoms in total. The average molecular weight is 401 g/mol. The van der Waals surface area contributed by atoms with Crippen molar-refractivity contribution < 1.29 is 13.9 Å². The third-order valence-corrected chi connectivity index (χ3v) is 5.40. The van der Waals surface area contributed by atoms with Gasteiger partial charge in [0.25, 0.3) is 0 Å². The van der Waals surface area contributed by atoms with Crippen molar-refractivity contribution in [1.82, 2.24) is 9.88 Å². The van der Waals surface area contributed by atoms with Crippen LogP contribution in [0.4, 0.5) is 9.18 Å². The summed E-state index contributed by atoms with van der Waals surface area (Å²) in [6, 6.07) is 12.9. The van der Waals surface area contributed by atoms with Crippen molar-refractivity contribution >= 4 is 28.8 Å². The van der Waals surface area contributed by atoms with Crippen molar-refractivity contribution in [2.75, 3.05) is 13.6 Å². The molecular formula is C22H25FN2O2S. The highest BCUT2D eigenvalue weighted by atomic mass is 32.2. The fourth-order valence-electron chi connectivity index (χ4n) is 2.80. The zero-order valence-corrected chi connectivity index (χ0v) is 17.4. The molecule has 0 fully saturated rings. The molecular weight excluding hydrogens is 375 g/mol. The van der Waals surface area contributed by atoms with Gasteiger partial charge in [0.2, 0.25) is 0 Å². The minimum atomic E-state index is -0.506. The van der Waals surface area contributed by atoms with Crippen LogP contribution in [-0.4, -0.2) is 35.2 Å². The Morgan fingerprint density at radius 2 is 1.93 bits per heavy atom. The van der Waals surface area contributed by atoms with Gasteiger partial charge < -0.3 is 14.6 Å². The number of benzene rings is 2. The Labute approximate surface area is 169 Å². The van der Waals surface area contributed by atoms with Crippen LogP contribution in [0, 0.1) is 5.82 Å². The Hall–Kier alpha value is -2.47. The molecule has 0 radical (unpaired) electrons. The molecule has 3 aromatic rings. The number of carbonyl (C=O) groups excluding carboxylic acids is 1. The second-order valence-electron chi connectivity index (χ2n) is 7.70. The first kappa shape index (κ1) is 20.3. The lowest BCUT2D eigenvalue weighted by Gasteiger charge is -2.24. The zero-order valence-electron chi connectivity index (χ0n) is 16.6. The molecule has 1 aromatic heterocycles. The summed E-state index contributed by atoms with van der Waals surface area (Å²) < 4.78 is 18.8. The first-order valence-corrected chi connectivity index (χ1v) is 10.0. The number of rotatable bonds is 5. The van der Waals surface area contributed by atoms with Gasteiger partial charge in [-0.05, 0) is 57.0 Å². The number of likely N-dealkylation sites (N-methyl/N-ethyl adjacent to an activating group) is 1. The van der Waals surface area contributed by atoms with E-state index in [4.69, 9.17) is 4.74 Å². The predicted molar refractivity (Wildman–Crippen MR) is 111 cm³/mol. The monoisotopic (exact) mass is 400 g/mol. The van der Waals surface area contributed by atoms with Crippen molar-refractivity contribution in [3.05, 3.63) is 60.0 Å². The number of hydrogen-bond acceptors (Lipinski definition) is 3. The molecule has 0 aliphatic rings. The van der Waals surface area contributed by atoms with Gasteiger partial charge in [0.05, 0.1) is 0 Å². The van der Waals surface area contributed by atoms with E-state index in [-0.39, 0.29) is 11.9 Å². The van der Waals surface area contributed by atoms with E-state index in [1.54, 1.807) is 29.8 Å². The second-order valence-corrected chi connectivity index (χ2v) is 8.79. The van der Waals surface area contributed by atoms with Crippen LogP contribution >= 0.6 is 11.8 Å². The third-order valence-electron chi connectivity index (χ3n) is 4.22. The summed E-state index contributed by atoms with van der Waals surface area (Å²) in [6.07, 6.45) is 2.30. The van der Waals surface area contributed by atoms with Gasteiger partial charge in [-0.3, -0.25) is 0 Å². The molecule has 0 atom stereocenters. The molecule has 148 valence electrons. The summed E-state index contributed by atoms with van der Waals surface area (Å²) >= 11 is 1.64. The Balaban J connectivity index is 1.72. The van der Waals surface area contributed by atoms with Crippen molar-refractivity contribution in [3.63, 3.8) is 0 Å². The Kier molecular flexibility index (Phi) is 5.98. The molecule has 0 spiro atoms. The van der Waals surface area contributed by atoms with E-state index in [1.165, 1.54) is 12.1 Å². The van der Waals surface area contributed by atoms with E-state index < -0.39 is 5.60 Å². The number of ether oxygens (including phenoxy) is 1. The third kappa shape index (κ3) is 5.07. The van der Waals surface area contributed by atoms with E-state index in [1.807, 2.05) is 39.1 Å². The van der Waals surface area contributed by atoms with Gasteiger partial charge in [0.15, 0.2) is 0 Å². The van der Waals surface area contributed by atoms with Gasteiger partial charge in [-0.2, -0.15) is 0 Å². The van der Waals surface area contributed by atoms with Crippen LogP contribution < -0.4 is 0 Å². The predicted octanol–water partition coefficient (Wildman–Crippen LogP) is 5.87. The smallest absolute Gasteiger partial charge is 0.410 e. The number of carbonyl (C=O) groups is 1. The normalized spacial score (nSPS) is 11.6. The minimum Gasteiger partial charge on any atom is -0.444 e. The number of hydrogen-bond donors (Lipinski definition) is 1. The molecule has 1 amide bonds. The average Bonchev–Trinajstić information content (AvgIpc) is 3.01. The summed E-state index contributed by atoms with van der Waals surface area (Å²) in [7, 11) is 1.75. The summed E-state index contributed by atoms with van der Waals surface area (Å²) in [5.74, 6) is -0.253. The number of nitrogens with one attached hydrogen (secondary N) is 1. The molecule has 0 unspecified atom stereocenters. The van der Waals surface area contributed by atoms with Crippen molar-refractivity contribution in [3.8, 4) is 0 Å². The van der Waals surface area contributed by atoms with E-state index >= 15 is 0 Å². The van der Waals surface area contributed by atoms with Gasteiger partial charge in [-0.15, -0.1) is 0 Å². The minimum absolute atomic E-state index is 0.253. The molecule has 2 aromatic carbocycles. The van der Waals surface area contributed by atoms with Crippen molar-refractivity contribution in [2.45, 2.75) is 42.6 Å². The van der Waals surface area contributed by atoms with Crippen LogP contribution in [0.5, 0.6) is 0 Å². The van der Waals surface area contributed by atoms with E-state index in [0.29, 0.717) is 6.54 Å². The van der Waals surface area contributed by atoms with Gasteiger partial charge in [-0.25, -0.2) is 9.18 Å². The van der Waals surface area contributed by atoms with Gasteiger partial charge >= 0.3 is 6.09 Å². The molecule has 1 N–H and O–H groups in total. The number of halogens is 1. The summed E-state index contributed by atoms with van der Waals surface area (Å²) in [5.41, 5.74) is 1.43. The molecule has 0 aliphatic heterocycles. The molecule has 28 heavy (non-hydrogen) atoms. The first-order valence-electron chi connectivity index (χ1n) is 9.19. The van der Waals surface area contributed by atoms with Crippen LogP contribution in [0.2, 0.25) is 0 Å². The van der Waals surface area contributed by atoms with Crippen LogP contribution in [0.3, 0.4) is 0 Å². The Morgan fingerprint density at radius 3 is 2.68 bits per heavy atom. The summed E-state index contributed by atoms with van der Waals surface area (Å²) in [5, 5.41) is 0.993. The van der Waals surface area contributed by atoms with Crippen molar-refractivity contribution in [2.24, 2.45) is 0 Å². The van der Waals surface area contributed by atoms with Gasteiger partial charge in [0.1, 0.15) is 11.4 Å². The lowest BCUT2D eigenvalue weighted by atomic mass is 10.1. The Morgan fingerprint density at radius 1 is 1.18 bits per heavy atom. The van der Waals surface area contributed by atoms with E-state index in [9.17, 15) is 9.18 Å². The van der Waals surface area contributed by atoms with Crippen LogP contribution in [-0.2, 0) is 11.2 Å². The molecule has 6 heteroatoms. The van der Waals surface area contributed by atoms with Gasteiger partial charge in [-0.1, -0.05) is 30.0 Å². The SMILES string of the molecule is CN(CCc1ccccc1Sc1c[nH]c2cc(F)ccc12)C(=O)OC(C)(C)C. The largest absolute Gasteiger partial charge is 0.444 e. The maximum Gasteiger partial charge on any atom is 0.410 e. The van der Waals surface area contributed by atoms with E-state index in [0.717, 1.165) is 32.7 Å². The van der Waals surface area contributed by atoms with Crippen LogP contribution in [0.1, 0.15) is 26.3 Å². The number of amides is 1. The van der Waals surface area contributed by atoms with Gasteiger partial charge in [0, 0.05) is 40.5 Å². The standard InChI is InChI=1S/C22H25FN2O2S/c1-22(2,3)27-21(26)25(4)12-11-15-7-5-6-8-19(15)28-20-14-24-18-13-16(23)9-10-17(18)20/h5-10,13-14,24H,11-12H2,1-4H3. The molecule has 0 bridgehead atoms. The molecule has 0 saturated carbocycles. The summed E-state index contributed by atoms with van der Waals surface area (Å²) in [4.78, 5) is 19.0. The maximum atomic E-state index is 13.4. The fraction of sp³-hybridized carbons (Fsp3) is 0.318. The molecule has 0 saturated heterocycles. The molecule has 3 rings (SSSR count). The number of H-pyrrole nitrogens is 1. The lowest BCUT2D eigenvalue weighted by molar-refractivity contribution is 0.0300. The van der Waals surface area contributed by atoms with Crippen LogP contribution in [0.25, 0.3) is 10.9 Å². The highest BCUT2D eigenvalue weighted by molar-refractivity contribution is 7.99. The molecule has 0 aliphatic carbocycles. The van der Waals surface area contributed by atoms with Crippen molar-refractivity contribution in [1.29, 1.82) is 0 Å². The van der Waals surface area contributed by atoms with Crippen LogP contribution in [0.15, 0.2) is 58.5 Å². The number of nitrogens with zero attached hydrogens (tertiary/aromatic N) is 1. The number of aromatic nitrogens is 1.